The van der Waals surface area contributed by atoms with Gasteiger partial charge >= 0.3 is 0 Å². The van der Waals surface area contributed by atoms with Gasteiger partial charge < -0.3 is 10.1 Å². The standard InChI is InChI=1S/C12H17Cl2NO/c1-3-6-16-12-8-11(14)10(13)7-9(12)4-5-15-2/h7-8,15H,3-6H2,1-2H3. The highest BCUT2D eigenvalue weighted by atomic mass is 35.5. The first-order valence-corrected chi connectivity index (χ1v) is 6.20. The summed E-state index contributed by atoms with van der Waals surface area (Å²) in [5.74, 6) is 0.839. The molecule has 90 valence electrons. The zero-order valence-corrected chi connectivity index (χ0v) is 11.2. The summed E-state index contributed by atoms with van der Waals surface area (Å²) < 4.78 is 5.65. The smallest absolute Gasteiger partial charge is 0.124 e. The lowest BCUT2D eigenvalue weighted by Gasteiger charge is -2.12. The molecule has 1 rings (SSSR count). The van der Waals surface area contributed by atoms with Crippen LogP contribution in [0.3, 0.4) is 0 Å². The van der Waals surface area contributed by atoms with Crippen molar-refractivity contribution in [3.63, 3.8) is 0 Å². The second kappa shape index (κ2) is 7.00. The van der Waals surface area contributed by atoms with E-state index in [9.17, 15) is 0 Å². The van der Waals surface area contributed by atoms with Gasteiger partial charge in [0, 0.05) is 6.07 Å². The molecule has 0 aliphatic rings. The van der Waals surface area contributed by atoms with Gasteiger partial charge in [-0.1, -0.05) is 30.1 Å². The summed E-state index contributed by atoms with van der Waals surface area (Å²) in [6.45, 7) is 3.66. The number of likely N-dealkylation sites (N-methyl/N-ethyl adjacent to an activating group) is 1. The summed E-state index contributed by atoms with van der Waals surface area (Å²) in [6, 6.07) is 3.68. The zero-order valence-electron chi connectivity index (χ0n) is 9.65. The van der Waals surface area contributed by atoms with Crippen molar-refractivity contribution >= 4 is 23.2 Å². The zero-order chi connectivity index (χ0) is 12.0. The van der Waals surface area contributed by atoms with E-state index < -0.39 is 0 Å². The van der Waals surface area contributed by atoms with Gasteiger partial charge in [0.25, 0.3) is 0 Å². The lowest BCUT2D eigenvalue weighted by atomic mass is 10.1. The van der Waals surface area contributed by atoms with Crippen LogP contribution in [0.2, 0.25) is 10.0 Å². The molecule has 0 saturated carbocycles. The fraction of sp³-hybridized carbons (Fsp3) is 0.500. The first kappa shape index (κ1) is 13.6. The van der Waals surface area contributed by atoms with Crippen LogP contribution in [-0.4, -0.2) is 20.2 Å². The predicted octanol–water partition coefficient (Wildman–Crippen LogP) is 3.54. The molecule has 2 nitrogen and oxygen atoms in total. The van der Waals surface area contributed by atoms with E-state index in [2.05, 4.69) is 12.2 Å². The van der Waals surface area contributed by atoms with E-state index in [1.54, 1.807) is 6.07 Å². The SMILES string of the molecule is CCCOc1cc(Cl)c(Cl)cc1CCNC. The maximum atomic E-state index is 5.99. The molecule has 0 heterocycles. The summed E-state index contributed by atoms with van der Waals surface area (Å²) in [5, 5.41) is 4.22. The van der Waals surface area contributed by atoms with E-state index in [1.165, 1.54) is 0 Å². The van der Waals surface area contributed by atoms with Crippen molar-refractivity contribution in [2.24, 2.45) is 0 Å². The van der Waals surface area contributed by atoms with Gasteiger partial charge in [-0.05, 0) is 38.1 Å². The molecule has 0 bridgehead atoms. The predicted molar refractivity (Wildman–Crippen MR) is 69.9 cm³/mol. The third-order valence-electron chi connectivity index (χ3n) is 2.21. The van der Waals surface area contributed by atoms with E-state index in [-0.39, 0.29) is 0 Å². The van der Waals surface area contributed by atoms with Gasteiger partial charge in [-0.15, -0.1) is 0 Å². The minimum absolute atomic E-state index is 0.543. The Kier molecular flexibility index (Phi) is 5.96. The molecule has 0 atom stereocenters. The van der Waals surface area contributed by atoms with Gasteiger partial charge in [-0.2, -0.15) is 0 Å². The van der Waals surface area contributed by atoms with Crippen molar-refractivity contribution in [1.82, 2.24) is 5.32 Å². The number of benzene rings is 1. The molecule has 1 aromatic carbocycles. The van der Waals surface area contributed by atoms with Gasteiger partial charge in [0.05, 0.1) is 16.7 Å². The van der Waals surface area contributed by atoms with Crippen LogP contribution in [0.25, 0.3) is 0 Å². The van der Waals surface area contributed by atoms with Crippen LogP contribution in [-0.2, 0) is 6.42 Å². The van der Waals surface area contributed by atoms with Crippen LogP contribution in [0.1, 0.15) is 18.9 Å². The number of halogens is 2. The third-order valence-corrected chi connectivity index (χ3v) is 2.93. The second-order valence-electron chi connectivity index (χ2n) is 3.58. The molecule has 0 fully saturated rings. The van der Waals surface area contributed by atoms with E-state index in [1.807, 2.05) is 13.1 Å². The summed E-state index contributed by atoms with van der Waals surface area (Å²) >= 11 is 12.0. The van der Waals surface area contributed by atoms with Gasteiger partial charge in [-0.3, -0.25) is 0 Å². The maximum absolute atomic E-state index is 5.99. The van der Waals surface area contributed by atoms with Gasteiger partial charge in [-0.25, -0.2) is 0 Å². The van der Waals surface area contributed by atoms with Crippen LogP contribution < -0.4 is 10.1 Å². The molecular formula is C12H17Cl2NO. The number of rotatable bonds is 6. The Hall–Kier alpha value is -0.440. The first-order chi connectivity index (χ1) is 7.69. The highest BCUT2D eigenvalue weighted by molar-refractivity contribution is 6.42. The molecule has 0 aliphatic carbocycles. The fourth-order valence-corrected chi connectivity index (χ4v) is 1.71. The number of hydrogen-bond acceptors (Lipinski definition) is 2. The number of hydrogen-bond donors (Lipinski definition) is 1. The van der Waals surface area contributed by atoms with Crippen molar-refractivity contribution in [3.8, 4) is 5.75 Å². The van der Waals surface area contributed by atoms with Crippen LogP contribution in [0, 0.1) is 0 Å². The van der Waals surface area contributed by atoms with Crippen molar-refractivity contribution in [3.05, 3.63) is 27.7 Å². The van der Waals surface area contributed by atoms with Crippen molar-refractivity contribution in [2.45, 2.75) is 19.8 Å². The van der Waals surface area contributed by atoms with Crippen molar-refractivity contribution < 1.29 is 4.74 Å². The quantitative estimate of drug-likeness (QED) is 0.846. The average molecular weight is 262 g/mol. The van der Waals surface area contributed by atoms with Crippen LogP contribution in [0.5, 0.6) is 5.75 Å². The van der Waals surface area contributed by atoms with Gasteiger partial charge in [0.15, 0.2) is 0 Å². The normalized spacial score (nSPS) is 10.5. The highest BCUT2D eigenvalue weighted by Gasteiger charge is 2.08. The molecule has 16 heavy (non-hydrogen) atoms. The van der Waals surface area contributed by atoms with E-state index in [0.717, 1.165) is 30.7 Å². The largest absolute Gasteiger partial charge is 0.493 e. The summed E-state index contributed by atoms with van der Waals surface area (Å²) in [5.41, 5.74) is 1.09. The molecule has 4 heteroatoms. The molecule has 0 amide bonds. The molecule has 1 aromatic rings. The van der Waals surface area contributed by atoms with Crippen LogP contribution in [0.15, 0.2) is 12.1 Å². The number of ether oxygens (including phenoxy) is 1. The summed E-state index contributed by atoms with van der Waals surface area (Å²) in [4.78, 5) is 0. The third kappa shape index (κ3) is 3.85. The Balaban J connectivity index is 2.87. The summed E-state index contributed by atoms with van der Waals surface area (Å²) in [6.07, 6.45) is 1.86. The Labute approximate surface area is 107 Å². The van der Waals surface area contributed by atoms with E-state index in [4.69, 9.17) is 27.9 Å². The molecule has 0 radical (unpaired) electrons. The van der Waals surface area contributed by atoms with Gasteiger partial charge in [0.2, 0.25) is 0 Å². The topological polar surface area (TPSA) is 21.3 Å². The molecule has 1 N–H and O–H groups in total. The van der Waals surface area contributed by atoms with E-state index in [0.29, 0.717) is 16.7 Å². The highest BCUT2D eigenvalue weighted by Crippen LogP contribution is 2.31. The molecular weight excluding hydrogens is 245 g/mol. The van der Waals surface area contributed by atoms with Gasteiger partial charge in [0.1, 0.15) is 5.75 Å². The molecule has 0 aromatic heterocycles. The molecule has 0 saturated heterocycles. The minimum Gasteiger partial charge on any atom is -0.493 e. The minimum atomic E-state index is 0.543. The maximum Gasteiger partial charge on any atom is 0.124 e. The molecule has 0 spiro atoms. The Morgan fingerprint density at radius 1 is 1.25 bits per heavy atom. The average Bonchev–Trinajstić information content (AvgIpc) is 2.28. The van der Waals surface area contributed by atoms with Crippen LogP contribution >= 0.6 is 23.2 Å². The lowest BCUT2D eigenvalue weighted by molar-refractivity contribution is 0.314. The first-order valence-electron chi connectivity index (χ1n) is 5.44. The molecule has 0 aliphatic heterocycles. The van der Waals surface area contributed by atoms with Crippen molar-refractivity contribution in [2.75, 3.05) is 20.2 Å². The fourth-order valence-electron chi connectivity index (χ4n) is 1.37. The monoisotopic (exact) mass is 261 g/mol. The second-order valence-corrected chi connectivity index (χ2v) is 4.39. The van der Waals surface area contributed by atoms with Crippen LogP contribution in [0.4, 0.5) is 0 Å². The lowest BCUT2D eigenvalue weighted by Crippen LogP contribution is -2.11. The Morgan fingerprint density at radius 3 is 2.56 bits per heavy atom. The Bertz CT molecular complexity index is 309. The summed E-state index contributed by atoms with van der Waals surface area (Å²) in [7, 11) is 1.92. The van der Waals surface area contributed by atoms with Crippen molar-refractivity contribution in [1.29, 1.82) is 0 Å². The number of nitrogens with one attached hydrogen (secondary N) is 1. The van der Waals surface area contributed by atoms with E-state index >= 15 is 0 Å². The Morgan fingerprint density at radius 2 is 1.94 bits per heavy atom. The molecule has 0 unspecified atom stereocenters.